The molecule has 0 nitrogen and oxygen atoms in total. The Kier molecular flexibility index (Phi) is 3.35. The Hall–Kier alpha value is -0.300. The molecular weight excluding hydrogens is 248 g/mol. The van der Waals surface area contributed by atoms with Gasteiger partial charge in [0, 0.05) is 4.47 Å². The molecule has 0 aromatic heterocycles. The fourth-order valence-electron chi connectivity index (χ4n) is 1.79. The first-order valence-electron chi connectivity index (χ1n) is 5.43. The maximum atomic E-state index is 3.56. The molecule has 0 amide bonds. The lowest BCUT2D eigenvalue weighted by atomic mass is 9.75. The zero-order chi connectivity index (χ0) is 11.9. The molecular formula is C14H21Br. The van der Waals surface area contributed by atoms with Crippen LogP contribution in [0.15, 0.2) is 22.7 Å². The summed E-state index contributed by atoms with van der Waals surface area (Å²) in [7, 11) is 0. The van der Waals surface area contributed by atoms with E-state index in [-0.39, 0.29) is 10.8 Å². The Morgan fingerprint density at radius 3 is 1.67 bits per heavy atom. The van der Waals surface area contributed by atoms with Crippen LogP contribution in [0.2, 0.25) is 0 Å². The van der Waals surface area contributed by atoms with Gasteiger partial charge in [-0.2, -0.15) is 0 Å². The maximum Gasteiger partial charge on any atom is 0.0178 e. The van der Waals surface area contributed by atoms with E-state index in [4.69, 9.17) is 0 Å². The zero-order valence-corrected chi connectivity index (χ0v) is 12.2. The van der Waals surface area contributed by atoms with Crippen LogP contribution >= 0.6 is 15.9 Å². The molecule has 0 fully saturated rings. The van der Waals surface area contributed by atoms with Gasteiger partial charge < -0.3 is 0 Å². The molecule has 1 heteroatoms. The third-order valence-electron chi connectivity index (χ3n) is 2.60. The molecule has 0 heterocycles. The Morgan fingerprint density at radius 2 is 1.27 bits per heavy atom. The van der Waals surface area contributed by atoms with Gasteiger partial charge in [-0.1, -0.05) is 63.5 Å². The van der Waals surface area contributed by atoms with Gasteiger partial charge in [0.1, 0.15) is 0 Å². The summed E-state index contributed by atoms with van der Waals surface area (Å²) in [5, 5.41) is 0. The van der Waals surface area contributed by atoms with Crippen LogP contribution in [-0.2, 0) is 10.8 Å². The predicted octanol–water partition coefficient (Wildman–Crippen LogP) is 5.04. The van der Waals surface area contributed by atoms with Crippen molar-refractivity contribution in [1.82, 2.24) is 0 Å². The Labute approximate surface area is 102 Å². The van der Waals surface area contributed by atoms with Gasteiger partial charge in [0.2, 0.25) is 0 Å². The van der Waals surface area contributed by atoms with Crippen LogP contribution < -0.4 is 0 Å². The van der Waals surface area contributed by atoms with Gasteiger partial charge in [-0.05, 0) is 34.1 Å². The molecule has 84 valence electrons. The summed E-state index contributed by atoms with van der Waals surface area (Å²) in [5.41, 5.74) is 3.29. The summed E-state index contributed by atoms with van der Waals surface area (Å²) >= 11 is 3.56. The highest BCUT2D eigenvalue weighted by Crippen LogP contribution is 2.35. The van der Waals surface area contributed by atoms with Crippen LogP contribution in [-0.4, -0.2) is 0 Å². The smallest absolute Gasteiger partial charge is 0.0178 e. The number of halogens is 1. The van der Waals surface area contributed by atoms with E-state index in [1.165, 1.54) is 15.6 Å². The first-order valence-corrected chi connectivity index (χ1v) is 6.22. The molecule has 0 bridgehead atoms. The molecule has 0 aliphatic heterocycles. The molecule has 0 aliphatic rings. The van der Waals surface area contributed by atoms with Crippen molar-refractivity contribution in [3.05, 3.63) is 33.8 Å². The SMILES string of the molecule is CC(C)(C)c1ccc(Br)cc1C(C)(C)C. The lowest BCUT2D eigenvalue weighted by Crippen LogP contribution is -2.21. The number of hydrogen-bond acceptors (Lipinski definition) is 0. The van der Waals surface area contributed by atoms with Gasteiger partial charge >= 0.3 is 0 Å². The van der Waals surface area contributed by atoms with E-state index in [0.29, 0.717) is 0 Å². The first kappa shape index (κ1) is 12.8. The van der Waals surface area contributed by atoms with E-state index in [1.807, 2.05) is 0 Å². The van der Waals surface area contributed by atoms with Crippen LogP contribution in [0.25, 0.3) is 0 Å². The molecule has 0 unspecified atom stereocenters. The minimum Gasteiger partial charge on any atom is -0.0571 e. The highest BCUT2D eigenvalue weighted by atomic mass is 79.9. The second-order valence-corrected chi connectivity index (χ2v) is 7.11. The fourth-order valence-corrected chi connectivity index (χ4v) is 2.15. The van der Waals surface area contributed by atoms with Gasteiger partial charge in [0.15, 0.2) is 0 Å². The quantitative estimate of drug-likeness (QED) is 0.618. The lowest BCUT2D eigenvalue weighted by Gasteiger charge is -2.30. The molecule has 1 rings (SSSR count). The highest BCUT2D eigenvalue weighted by molar-refractivity contribution is 9.10. The van der Waals surface area contributed by atoms with Crippen LogP contribution in [0, 0.1) is 0 Å². The first-order chi connectivity index (χ1) is 6.62. The van der Waals surface area contributed by atoms with Crippen LogP contribution in [0.5, 0.6) is 0 Å². The van der Waals surface area contributed by atoms with Gasteiger partial charge in [-0.15, -0.1) is 0 Å². The van der Waals surface area contributed by atoms with Gasteiger partial charge in [-0.3, -0.25) is 0 Å². The molecule has 0 aliphatic carbocycles. The van der Waals surface area contributed by atoms with Crippen molar-refractivity contribution in [3.8, 4) is 0 Å². The molecule has 0 N–H and O–H groups in total. The molecule has 0 saturated heterocycles. The molecule has 1 aromatic carbocycles. The van der Waals surface area contributed by atoms with E-state index >= 15 is 0 Å². The normalized spacial score (nSPS) is 13.0. The molecule has 0 atom stereocenters. The van der Waals surface area contributed by atoms with Crippen LogP contribution in [0.3, 0.4) is 0 Å². The summed E-state index contributed by atoms with van der Waals surface area (Å²) in [5.74, 6) is 0. The molecule has 0 radical (unpaired) electrons. The molecule has 15 heavy (non-hydrogen) atoms. The van der Waals surface area contributed by atoms with Crippen molar-refractivity contribution in [1.29, 1.82) is 0 Å². The van der Waals surface area contributed by atoms with Crippen LogP contribution in [0.1, 0.15) is 52.7 Å². The van der Waals surface area contributed by atoms with E-state index in [9.17, 15) is 0 Å². The van der Waals surface area contributed by atoms with Crippen molar-refractivity contribution in [2.24, 2.45) is 0 Å². The van der Waals surface area contributed by atoms with Crippen LogP contribution in [0.4, 0.5) is 0 Å². The minimum atomic E-state index is 0.201. The van der Waals surface area contributed by atoms with Crippen molar-refractivity contribution < 1.29 is 0 Å². The van der Waals surface area contributed by atoms with Crippen molar-refractivity contribution >= 4 is 15.9 Å². The monoisotopic (exact) mass is 268 g/mol. The lowest BCUT2D eigenvalue weighted by molar-refractivity contribution is 0.530. The van der Waals surface area contributed by atoms with Gasteiger partial charge in [0.05, 0.1) is 0 Å². The molecule has 1 aromatic rings. The second kappa shape index (κ2) is 3.93. The van der Waals surface area contributed by atoms with E-state index in [0.717, 1.165) is 0 Å². The third kappa shape index (κ3) is 3.07. The average molecular weight is 269 g/mol. The summed E-state index contributed by atoms with van der Waals surface area (Å²) in [6.45, 7) is 13.6. The summed E-state index contributed by atoms with van der Waals surface area (Å²) in [6.07, 6.45) is 0. The number of hydrogen-bond donors (Lipinski definition) is 0. The largest absolute Gasteiger partial charge is 0.0571 e. The van der Waals surface area contributed by atoms with Crippen molar-refractivity contribution in [3.63, 3.8) is 0 Å². The zero-order valence-electron chi connectivity index (χ0n) is 10.6. The molecule has 0 saturated carbocycles. The summed E-state index contributed by atoms with van der Waals surface area (Å²) in [6, 6.07) is 6.63. The Morgan fingerprint density at radius 1 is 0.800 bits per heavy atom. The molecule has 0 spiro atoms. The van der Waals surface area contributed by atoms with E-state index in [2.05, 4.69) is 75.7 Å². The number of rotatable bonds is 0. The fraction of sp³-hybridized carbons (Fsp3) is 0.571. The van der Waals surface area contributed by atoms with Gasteiger partial charge in [0.25, 0.3) is 0 Å². The number of benzene rings is 1. The predicted molar refractivity (Wildman–Crippen MR) is 71.5 cm³/mol. The Balaban J connectivity index is 3.41. The van der Waals surface area contributed by atoms with Crippen molar-refractivity contribution in [2.45, 2.75) is 52.4 Å². The van der Waals surface area contributed by atoms with E-state index < -0.39 is 0 Å². The highest BCUT2D eigenvalue weighted by Gasteiger charge is 2.24. The topological polar surface area (TPSA) is 0 Å². The summed E-state index contributed by atoms with van der Waals surface area (Å²) in [4.78, 5) is 0. The third-order valence-corrected chi connectivity index (χ3v) is 3.09. The minimum absolute atomic E-state index is 0.201. The average Bonchev–Trinajstić information content (AvgIpc) is 2.00. The van der Waals surface area contributed by atoms with Gasteiger partial charge in [-0.25, -0.2) is 0 Å². The van der Waals surface area contributed by atoms with Crippen molar-refractivity contribution in [2.75, 3.05) is 0 Å². The Bertz CT molecular complexity index is 351. The summed E-state index contributed by atoms with van der Waals surface area (Å²) < 4.78 is 1.17. The van der Waals surface area contributed by atoms with E-state index in [1.54, 1.807) is 0 Å². The maximum absolute atomic E-state index is 3.56. The standard InChI is InChI=1S/C14H21Br/c1-13(2,3)11-8-7-10(15)9-12(11)14(4,5)6/h7-9H,1-6H3. The second-order valence-electron chi connectivity index (χ2n) is 6.19.